The molecule has 1 aromatic heterocycles. The van der Waals surface area contributed by atoms with Crippen LogP contribution in [-0.4, -0.2) is 39.8 Å². The van der Waals surface area contributed by atoms with Crippen molar-refractivity contribution < 1.29 is 10.2 Å². The van der Waals surface area contributed by atoms with Crippen molar-refractivity contribution in [3.63, 3.8) is 0 Å². The zero-order valence-corrected chi connectivity index (χ0v) is 10.7. The van der Waals surface area contributed by atoms with Crippen LogP contribution in [0.4, 0.5) is 0 Å². The summed E-state index contributed by atoms with van der Waals surface area (Å²) in [6.45, 7) is 6.76. The molecule has 0 fully saturated rings. The normalized spacial score (nSPS) is 12.0. The summed E-state index contributed by atoms with van der Waals surface area (Å²) in [4.78, 5) is 0. The smallest absolute Gasteiger partial charge is 0.0640 e. The average molecular weight is 241 g/mol. The monoisotopic (exact) mass is 241 g/mol. The van der Waals surface area contributed by atoms with Gasteiger partial charge in [0.15, 0.2) is 0 Å². The van der Waals surface area contributed by atoms with E-state index < -0.39 is 0 Å². The standard InChI is InChI=1S/C12H23N3O2/c1-12(2,3-5-16)10-13-7-11-8-14-15(9-11)4-6-17/h8-9,13,16-17H,3-7,10H2,1-2H3. The SMILES string of the molecule is CC(C)(CCO)CNCc1cnn(CCO)c1. The number of rotatable bonds is 8. The minimum absolute atomic E-state index is 0.107. The van der Waals surface area contributed by atoms with Crippen LogP contribution in [0.1, 0.15) is 25.8 Å². The second-order valence-electron chi connectivity index (χ2n) is 5.08. The van der Waals surface area contributed by atoms with Crippen LogP contribution in [0.25, 0.3) is 0 Å². The molecule has 17 heavy (non-hydrogen) atoms. The van der Waals surface area contributed by atoms with Crippen LogP contribution in [0.3, 0.4) is 0 Å². The lowest BCUT2D eigenvalue weighted by Gasteiger charge is -2.23. The van der Waals surface area contributed by atoms with Gasteiger partial charge in [-0.3, -0.25) is 4.68 Å². The quantitative estimate of drug-likeness (QED) is 0.615. The number of aliphatic hydroxyl groups is 2. The number of nitrogens with one attached hydrogen (secondary N) is 1. The molecule has 5 nitrogen and oxygen atoms in total. The second kappa shape index (κ2) is 6.74. The fourth-order valence-electron chi connectivity index (χ4n) is 1.66. The number of aromatic nitrogens is 2. The first-order valence-electron chi connectivity index (χ1n) is 6.01. The molecule has 5 heteroatoms. The molecule has 0 unspecified atom stereocenters. The lowest BCUT2D eigenvalue weighted by atomic mass is 9.90. The van der Waals surface area contributed by atoms with E-state index in [1.807, 2.05) is 12.4 Å². The first-order chi connectivity index (χ1) is 8.07. The van der Waals surface area contributed by atoms with Crippen LogP contribution >= 0.6 is 0 Å². The van der Waals surface area contributed by atoms with Gasteiger partial charge in [-0.1, -0.05) is 13.8 Å². The Hall–Kier alpha value is -0.910. The molecule has 0 saturated carbocycles. The van der Waals surface area contributed by atoms with Crippen LogP contribution < -0.4 is 5.32 Å². The number of nitrogens with zero attached hydrogens (tertiary/aromatic N) is 2. The maximum absolute atomic E-state index is 8.92. The minimum atomic E-state index is 0.107. The highest BCUT2D eigenvalue weighted by Crippen LogP contribution is 2.18. The Kier molecular flexibility index (Phi) is 5.61. The second-order valence-corrected chi connectivity index (χ2v) is 5.08. The predicted octanol–water partition coefficient (Wildman–Crippen LogP) is 0.374. The van der Waals surface area contributed by atoms with Gasteiger partial charge >= 0.3 is 0 Å². The number of hydrogen-bond donors (Lipinski definition) is 3. The number of hydrogen-bond acceptors (Lipinski definition) is 4. The van der Waals surface area contributed by atoms with Crippen molar-refractivity contribution in [1.82, 2.24) is 15.1 Å². The van der Waals surface area contributed by atoms with Crippen LogP contribution in [-0.2, 0) is 13.1 Å². The average Bonchev–Trinajstić information content (AvgIpc) is 2.66. The van der Waals surface area contributed by atoms with Gasteiger partial charge in [0.2, 0.25) is 0 Å². The lowest BCUT2D eigenvalue weighted by Crippen LogP contribution is -2.29. The van der Waals surface area contributed by atoms with E-state index >= 15 is 0 Å². The summed E-state index contributed by atoms with van der Waals surface area (Å²) >= 11 is 0. The van der Waals surface area contributed by atoms with Gasteiger partial charge in [-0.25, -0.2) is 0 Å². The Balaban J connectivity index is 2.30. The van der Waals surface area contributed by atoms with Crippen molar-refractivity contribution in [2.24, 2.45) is 5.41 Å². The number of aliphatic hydroxyl groups excluding tert-OH is 2. The fourth-order valence-corrected chi connectivity index (χ4v) is 1.66. The molecule has 0 saturated heterocycles. The largest absolute Gasteiger partial charge is 0.396 e. The van der Waals surface area contributed by atoms with E-state index in [0.717, 1.165) is 25.1 Å². The molecule has 0 spiro atoms. The van der Waals surface area contributed by atoms with Crippen molar-refractivity contribution in [2.45, 2.75) is 33.4 Å². The van der Waals surface area contributed by atoms with E-state index in [0.29, 0.717) is 6.54 Å². The molecular formula is C12H23N3O2. The highest BCUT2D eigenvalue weighted by molar-refractivity contribution is 5.03. The maximum atomic E-state index is 8.92. The summed E-state index contributed by atoms with van der Waals surface area (Å²) in [7, 11) is 0. The molecule has 98 valence electrons. The molecule has 0 aromatic carbocycles. The van der Waals surface area contributed by atoms with Gasteiger partial charge in [-0.05, 0) is 11.8 Å². The summed E-state index contributed by atoms with van der Waals surface area (Å²) < 4.78 is 1.73. The summed E-state index contributed by atoms with van der Waals surface area (Å²) in [6.07, 6.45) is 4.54. The van der Waals surface area contributed by atoms with Gasteiger partial charge < -0.3 is 15.5 Å². The van der Waals surface area contributed by atoms with Gasteiger partial charge in [0.05, 0.1) is 19.3 Å². The van der Waals surface area contributed by atoms with Gasteiger partial charge in [0, 0.05) is 31.5 Å². The Morgan fingerprint density at radius 3 is 2.76 bits per heavy atom. The highest BCUT2D eigenvalue weighted by Gasteiger charge is 2.16. The van der Waals surface area contributed by atoms with Crippen LogP contribution in [0.2, 0.25) is 0 Å². The van der Waals surface area contributed by atoms with E-state index in [-0.39, 0.29) is 18.6 Å². The molecule has 0 amide bonds. The van der Waals surface area contributed by atoms with E-state index in [1.54, 1.807) is 4.68 Å². The highest BCUT2D eigenvalue weighted by atomic mass is 16.3. The molecule has 0 bridgehead atoms. The van der Waals surface area contributed by atoms with Crippen molar-refractivity contribution >= 4 is 0 Å². The van der Waals surface area contributed by atoms with Gasteiger partial charge in [0.1, 0.15) is 0 Å². The van der Waals surface area contributed by atoms with Gasteiger partial charge in [0.25, 0.3) is 0 Å². The predicted molar refractivity (Wildman–Crippen MR) is 66.5 cm³/mol. The van der Waals surface area contributed by atoms with Crippen molar-refractivity contribution in [1.29, 1.82) is 0 Å². The van der Waals surface area contributed by atoms with E-state index in [9.17, 15) is 0 Å². The minimum Gasteiger partial charge on any atom is -0.396 e. The molecule has 1 heterocycles. The first kappa shape index (κ1) is 14.2. The third-order valence-corrected chi connectivity index (χ3v) is 2.74. The molecule has 3 N–H and O–H groups in total. The summed E-state index contributed by atoms with van der Waals surface area (Å²) in [6, 6.07) is 0. The molecule has 1 aromatic rings. The molecule has 0 atom stereocenters. The summed E-state index contributed by atoms with van der Waals surface area (Å²) in [5.41, 5.74) is 1.22. The van der Waals surface area contributed by atoms with Crippen LogP contribution in [0.15, 0.2) is 12.4 Å². The Morgan fingerprint density at radius 2 is 2.12 bits per heavy atom. The maximum Gasteiger partial charge on any atom is 0.0640 e. The third kappa shape index (κ3) is 5.30. The molecule has 0 aliphatic heterocycles. The summed E-state index contributed by atoms with van der Waals surface area (Å²) in [5, 5.41) is 25.2. The fraction of sp³-hybridized carbons (Fsp3) is 0.750. The molecular weight excluding hydrogens is 218 g/mol. The van der Waals surface area contributed by atoms with Crippen molar-refractivity contribution in [2.75, 3.05) is 19.8 Å². The third-order valence-electron chi connectivity index (χ3n) is 2.74. The zero-order valence-electron chi connectivity index (χ0n) is 10.7. The van der Waals surface area contributed by atoms with Gasteiger partial charge in [-0.15, -0.1) is 0 Å². The van der Waals surface area contributed by atoms with Crippen LogP contribution in [0.5, 0.6) is 0 Å². The molecule has 0 aliphatic carbocycles. The molecule has 0 aliphatic rings. The summed E-state index contributed by atoms with van der Waals surface area (Å²) in [5.74, 6) is 0. The molecule has 1 rings (SSSR count). The lowest BCUT2D eigenvalue weighted by molar-refractivity contribution is 0.207. The Morgan fingerprint density at radius 1 is 1.35 bits per heavy atom. The van der Waals surface area contributed by atoms with E-state index in [4.69, 9.17) is 10.2 Å². The van der Waals surface area contributed by atoms with Crippen molar-refractivity contribution in [3.05, 3.63) is 18.0 Å². The van der Waals surface area contributed by atoms with E-state index in [2.05, 4.69) is 24.3 Å². The van der Waals surface area contributed by atoms with E-state index in [1.165, 1.54) is 0 Å². The Labute approximate surface area is 102 Å². The van der Waals surface area contributed by atoms with Crippen LogP contribution in [0, 0.1) is 5.41 Å². The Bertz CT molecular complexity index is 323. The topological polar surface area (TPSA) is 70.3 Å². The molecule has 0 radical (unpaired) electrons. The van der Waals surface area contributed by atoms with Gasteiger partial charge in [-0.2, -0.15) is 5.10 Å². The first-order valence-corrected chi connectivity index (χ1v) is 6.01. The van der Waals surface area contributed by atoms with Crippen molar-refractivity contribution in [3.8, 4) is 0 Å². The zero-order chi connectivity index (χ0) is 12.7.